The van der Waals surface area contributed by atoms with Crippen molar-refractivity contribution < 1.29 is 5.11 Å². The zero-order valence-electron chi connectivity index (χ0n) is 11.1. The molecule has 2 fully saturated rings. The van der Waals surface area contributed by atoms with Crippen LogP contribution in [-0.2, 0) is 0 Å². The molecular weight excluding hydrogens is 198 g/mol. The van der Waals surface area contributed by atoms with E-state index in [9.17, 15) is 5.11 Å². The van der Waals surface area contributed by atoms with Gasteiger partial charge in [-0.25, -0.2) is 0 Å². The number of likely N-dealkylation sites (N-methyl/N-ethyl adjacent to an activating group) is 1. The van der Waals surface area contributed by atoms with E-state index < -0.39 is 0 Å². The van der Waals surface area contributed by atoms with Crippen molar-refractivity contribution in [3.63, 3.8) is 0 Å². The Kier molecular flexibility index (Phi) is 3.60. The average molecular weight is 225 g/mol. The van der Waals surface area contributed by atoms with Crippen LogP contribution < -0.4 is 0 Å². The van der Waals surface area contributed by atoms with E-state index in [1.54, 1.807) is 0 Å². The highest BCUT2D eigenvalue weighted by Gasteiger charge is 2.45. The Morgan fingerprint density at radius 2 is 1.88 bits per heavy atom. The van der Waals surface area contributed by atoms with Crippen LogP contribution in [0.1, 0.15) is 52.4 Å². The summed E-state index contributed by atoms with van der Waals surface area (Å²) in [6.45, 7) is 5.41. The maximum atomic E-state index is 10.8. The van der Waals surface area contributed by atoms with Gasteiger partial charge >= 0.3 is 0 Å². The SMILES string of the molecule is CCC1CCC(C2(O)CC(C)N(C)C2)CC1. The van der Waals surface area contributed by atoms with Crippen molar-refractivity contribution in [3.8, 4) is 0 Å². The highest BCUT2D eigenvalue weighted by molar-refractivity contribution is 4.99. The van der Waals surface area contributed by atoms with Gasteiger partial charge in [-0.3, -0.25) is 0 Å². The third kappa shape index (κ3) is 2.28. The van der Waals surface area contributed by atoms with Crippen molar-refractivity contribution in [1.82, 2.24) is 4.90 Å². The summed E-state index contributed by atoms with van der Waals surface area (Å²) in [4.78, 5) is 2.31. The van der Waals surface area contributed by atoms with Gasteiger partial charge in [0.25, 0.3) is 0 Å². The third-order valence-corrected chi connectivity index (χ3v) is 5.11. The predicted molar refractivity (Wildman–Crippen MR) is 67.4 cm³/mol. The van der Waals surface area contributed by atoms with Gasteiger partial charge in [0.1, 0.15) is 0 Å². The zero-order valence-corrected chi connectivity index (χ0v) is 11.1. The number of rotatable bonds is 2. The van der Waals surface area contributed by atoms with Gasteiger partial charge in [-0.1, -0.05) is 26.2 Å². The van der Waals surface area contributed by atoms with Gasteiger partial charge in [0, 0.05) is 12.6 Å². The summed E-state index contributed by atoms with van der Waals surface area (Å²) in [5.74, 6) is 1.49. The molecule has 94 valence electrons. The lowest BCUT2D eigenvalue weighted by molar-refractivity contribution is -0.0281. The molecule has 0 aromatic carbocycles. The van der Waals surface area contributed by atoms with Gasteiger partial charge in [-0.05, 0) is 45.1 Å². The van der Waals surface area contributed by atoms with Crippen molar-refractivity contribution in [2.24, 2.45) is 11.8 Å². The summed E-state index contributed by atoms with van der Waals surface area (Å²) >= 11 is 0. The molecular formula is C14H27NO. The number of aliphatic hydroxyl groups is 1. The highest BCUT2D eigenvalue weighted by Crippen LogP contribution is 2.42. The van der Waals surface area contributed by atoms with Crippen LogP contribution in [0.3, 0.4) is 0 Å². The van der Waals surface area contributed by atoms with E-state index in [1.807, 2.05) is 0 Å². The Bertz CT molecular complexity index is 223. The first-order chi connectivity index (χ1) is 7.55. The Labute approximate surface area is 100 Å². The normalized spacial score (nSPS) is 46.1. The molecule has 2 aliphatic rings. The fourth-order valence-corrected chi connectivity index (χ4v) is 3.72. The molecule has 2 nitrogen and oxygen atoms in total. The van der Waals surface area contributed by atoms with E-state index in [2.05, 4.69) is 25.8 Å². The van der Waals surface area contributed by atoms with Crippen molar-refractivity contribution in [1.29, 1.82) is 0 Å². The predicted octanol–water partition coefficient (Wildman–Crippen LogP) is 2.66. The summed E-state index contributed by atoms with van der Waals surface area (Å²) in [7, 11) is 2.14. The van der Waals surface area contributed by atoms with Crippen LogP contribution in [0.2, 0.25) is 0 Å². The van der Waals surface area contributed by atoms with Gasteiger partial charge in [0.2, 0.25) is 0 Å². The molecule has 0 spiro atoms. The molecule has 2 heteroatoms. The summed E-state index contributed by atoms with van der Waals surface area (Å²) in [6.07, 6.45) is 7.46. The molecule has 2 rings (SSSR count). The lowest BCUT2D eigenvalue weighted by Crippen LogP contribution is -2.42. The topological polar surface area (TPSA) is 23.5 Å². The van der Waals surface area contributed by atoms with Crippen molar-refractivity contribution >= 4 is 0 Å². The van der Waals surface area contributed by atoms with Crippen LogP contribution in [-0.4, -0.2) is 35.2 Å². The second-order valence-electron chi connectivity index (χ2n) is 6.20. The van der Waals surface area contributed by atoms with Crippen molar-refractivity contribution in [2.75, 3.05) is 13.6 Å². The largest absolute Gasteiger partial charge is 0.388 e. The minimum atomic E-state index is -0.382. The Morgan fingerprint density at radius 1 is 1.25 bits per heavy atom. The second kappa shape index (κ2) is 4.66. The van der Waals surface area contributed by atoms with Crippen LogP contribution in [0, 0.1) is 11.8 Å². The molecule has 0 radical (unpaired) electrons. The van der Waals surface area contributed by atoms with E-state index in [-0.39, 0.29) is 5.60 Å². The molecule has 1 aliphatic carbocycles. The first-order valence-corrected chi connectivity index (χ1v) is 6.97. The maximum Gasteiger partial charge on any atom is 0.0816 e. The van der Waals surface area contributed by atoms with E-state index in [4.69, 9.17) is 0 Å². The highest BCUT2D eigenvalue weighted by atomic mass is 16.3. The van der Waals surface area contributed by atoms with E-state index in [0.717, 1.165) is 18.9 Å². The standard InChI is InChI=1S/C14H27NO/c1-4-12-5-7-13(8-6-12)14(16)9-11(2)15(3)10-14/h11-13,16H,4-10H2,1-3H3. The molecule has 0 aromatic heterocycles. The van der Waals surface area contributed by atoms with Gasteiger partial charge < -0.3 is 10.0 Å². The zero-order chi connectivity index (χ0) is 11.8. The average Bonchev–Trinajstić information content (AvgIpc) is 2.54. The second-order valence-corrected chi connectivity index (χ2v) is 6.20. The molecule has 16 heavy (non-hydrogen) atoms. The molecule has 0 aromatic rings. The monoisotopic (exact) mass is 225 g/mol. The first kappa shape index (κ1) is 12.4. The van der Waals surface area contributed by atoms with Crippen molar-refractivity contribution in [3.05, 3.63) is 0 Å². The van der Waals surface area contributed by atoms with E-state index in [0.29, 0.717) is 12.0 Å². The smallest absolute Gasteiger partial charge is 0.0816 e. The Hall–Kier alpha value is -0.0800. The molecule has 1 heterocycles. The summed E-state index contributed by atoms with van der Waals surface area (Å²) < 4.78 is 0. The number of hydrogen-bond acceptors (Lipinski definition) is 2. The van der Waals surface area contributed by atoms with Gasteiger partial charge in [0.15, 0.2) is 0 Å². The Morgan fingerprint density at radius 3 is 2.31 bits per heavy atom. The quantitative estimate of drug-likeness (QED) is 0.781. The van der Waals surface area contributed by atoms with Crippen LogP contribution in [0.5, 0.6) is 0 Å². The molecule has 0 amide bonds. The summed E-state index contributed by atoms with van der Waals surface area (Å²) in [5.41, 5.74) is -0.382. The lowest BCUT2D eigenvalue weighted by Gasteiger charge is -2.37. The molecule has 1 N–H and O–H groups in total. The first-order valence-electron chi connectivity index (χ1n) is 6.97. The Balaban J connectivity index is 1.93. The third-order valence-electron chi connectivity index (χ3n) is 5.11. The fourth-order valence-electron chi connectivity index (χ4n) is 3.72. The molecule has 2 atom stereocenters. The minimum absolute atomic E-state index is 0.382. The van der Waals surface area contributed by atoms with Crippen molar-refractivity contribution in [2.45, 2.75) is 64.0 Å². The van der Waals surface area contributed by atoms with Crippen LogP contribution in [0.4, 0.5) is 0 Å². The van der Waals surface area contributed by atoms with Crippen LogP contribution >= 0.6 is 0 Å². The van der Waals surface area contributed by atoms with Crippen LogP contribution in [0.25, 0.3) is 0 Å². The van der Waals surface area contributed by atoms with Gasteiger partial charge in [-0.15, -0.1) is 0 Å². The number of hydrogen-bond donors (Lipinski definition) is 1. The molecule has 2 unspecified atom stereocenters. The summed E-state index contributed by atoms with van der Waals surface area (Å²) in [6, 6.07) is 0.550. The number of likely N-dealkylation sites (tertiary alicyclic amines) is 1. The maximum absolute atomic E-state index is 10.8. The molecule has 1 saturated carbocycles. The molecule has 0 bridgehead atoms. The number of β-amino-alcohol motifs (C(OH)–C–C–N with tert-alkyl or cyclic N) is 1. The van der Waals surface area contributed by atoms with Crippen LogP contribution in [0.15, 0.2) is 0 Å². The van der Waals surface area contributed by atoms with Gasteiger partial charge in [-0.2, -0.15) is 0 Å². The molecule has 1 saturated heterocycles. The van der Waals surface area contributed by atoms with E-state index in [1.165, 1.54) is 32.1 Å². The fraction of sp³-hybridized carbons (Fsp3) is 1.00. The minimum Gasteiger partial charge on any atom is -0.388 e. The molecule has 1 aliphatic heterocycles. The summed E-state index contributed by atoms with van der Waals surface area (Å²) in [5, 5.41) is 10.8. The van der Waals surface area contributed by atoms with E-state index >= 15 is 0 Å². The number of nitrogens with zero attached hydrogens (tertiary/aromatic N) is 1. The lowest BCUT2D eigenvalue weighted by atomic mass is 9.72. The van der Waals surface area contributed by atoms with Gasteiger partial charge in [0.05, 0.1) is 5.60 Å².